The van der Waals surface area contributed by atoms with E-state index in [-0.39, 0.29) is 0 Å². The van der Waals surface area contributed by atoms with Crippen LogP contribution < -0.4 is 5.73 Å². The molecule has 1 rings (SSSR count). The van der Waals surface area contributed by atoms with Crippen molar-refractivity contribution in [3.8, 4) is 0 Å². The van der Waals surface area contributed by atoms with Gasteiger partial charge in [-0.15, -0.1) is 0 Å². The third-order valence-corrected chi connectivity index (χ3v) is 4.89. The molecule has 0 aromatic carbocycles. The summed E-state index contributed by atoms with van der Waals surface area (Å²) in [6, 6.07) is 1.37. The fourth-order valence-electron chi connectivity index (χ4n) is 3.05. The van der Waals surface area contributed by atoms with Gasteiger partial charge in [-0.05, 0) is 44.4 Å². The quantitative estimate of drug-likeness (QED) is 0.650. The predicted octanol–water partition coefficient (Wildman–Crippen LogP) is 1.87. The average molecular weight is 273 g/mol. The van der Waals surface area contributed by atoms with E-state index in [0.717, 1.165) is 12.6 Å². The Labute approximate surface area is 117 Å². The highest BCUT2D eigenvalue weighted by Gasteiger charge is 2.29. The van der Waals surface area contributed by atoms with Crippen LogP contribution in [-0.4, -0.2) is 66.6 Å². The van der Waals surface area contributed by atoms with E-state index in [9.17, 15) is 0 Å². The van der Waals surface area contributed by atoms with E-state index in [4.69, 9.17) is 5.73 Å². The van der Waals surface area contributed by atoms with Crippen LogP contribution in [0, 0.1) is 0 Å². The van der Waals surface area contributed by atoms with E-state index in [1.807, 2.05) is 11.8 Å². The van der Waals surface area contributed by atoms with Crippen LogP contribution in [-0.2, 0) is 0 Å². The third-order valence-electron chi connectivity index (χ3n) is 4.20. The summed E-state index contributed by atoms with van der Waals surface area (Å²) in [5, 5.41) is 0. The zero-order valence-electron chi connectivity index (χ0n) is 12.4. The normalized spacial score (nSPS) is 22.8. The molecule has 0 spiro atoms. The number of nitrogens with two attached hydrogens (primary N) is 1. The van der Waals surface area contributed by atoms with Crippen LogP contribution >= 0.6 is 11.8 Å². The Hall–Kier alpha value is 0.230. The van der Waals surface area contributed by atoms with Crippen LogP contribution in [0.2, 0.25) is 0 Å². The molecule has 1 fully saturated rings. The summed E-state index contributed by atoms with van der Waals surface area (Å²) in [5.74, 6) is 1.27. The van der Waals surface area contributed by atoms with Gasteiger partial charge in [-0.1, -0.05) is 13.8 Å². The summed E-state index contributed by atoms with van der Waals surface area (Å²) in [5.41, 5.74) is 5.96. The average Bonchev–Trinajstić information content (AvgIpc) is 2.86. The van der Waals surface area contributed by atoms with Crippen molar-refractivity contribution < 1.29 is 0 Å². The molecular weight excluding hydrogens is 242 g/mol. The van der Waals surface area contributed by atoms with Crippen molar-refractivity contribution in [1.82, 2.24) is 9.80 Å². The summed E-state index contributed by atoms with van der Waals surface area (Å²) >= 11 is 1.94. The smallest absolute Gasteiger partial charge is 0.0235 e. The van der Waals surface area contributed by atoms with E-state index in [1.54, 1.807) is 0 Å². The van der Waals surface area contributed by atoms with Gasteiger partial charge in [0.2, 0.25) is 0 Å². The molecule has 1 heterocycles. The van der Waals surface area contributed by atoms with E-state index in [1.165, 1.54) is 51.2 Å². The molecule has 1 aliphatic heterocycles. The molecule has 0 amide bonds. The fraction of sp³-hybridized carbons (Fsp3) is 1.00. The van der Waals surface area contributed by atoms with E-state index in [2.05, 4.69) is 29.9 Å². The monoisotopic (exact) mass is 273 g/mol. The minimum absolute atomic E-state index is 0.609. The second kappa shape index (κ2) is 9.18. The highest BCUT2D eigenvalue weighted by Crippen LogP contribution is 2.20. The second-order valence-electron chi connectivity index (χ2n) is 5.18. The van der Waals surface area contributed by atoms with Crippen LogP contribution in [0.15, 0.2) is 0 Å². The van der Waals surface area contributed by atoms with Gasteiger partial charge in [-0.25, -0.2) is 0 Å². The van der Waals surface area contributed by atoms with Gasteiger partial charge in [0, 0.05) is 31.7 Å². The van der Waals surface area contributed by atoms with Gasteiger partial charge < -0.3 is 5.73 Å². The number of thioether (sulfide) groups is 1. The number of nitrogens with zero attached hydrogens (tertiary/aromatic N) is 2. The van der Waals surface area contributed by atoms with Gasteiger partial charge in [0.1, 0.15) is 0 Å². The summed E-state index contributed by atoms with van der Waals surface area (Å²) in [6.45, 7) is 10.2. The molecule has 0 aliphatic carbocycles. The SMILES string of the molecule is CCN(CC)C1CCN(C(CN)CCCSC)C1. The van der Waals surface area contributed by atoms with Gasteiger partial charge >= 0.3 is 0 Å². The van der Waals surface area contributed by atoms with Crippen LogP contribution in [0.1, 0.15) is 33.1 Å². The first kappa shape index (κ1) is 16.3. The number of hydrogen-bond acceptors (Lipinski definition) is 4. The Morgan fingerprint density at radius 3 is 2.67 bits per heavy atom. The predicted molar refractivity (Wildman–Crippen MR) is 83.4 cm³/mol. The fourth-order valence-corrected chi connectivity index (χ4v) is 3.51. The van der Waals surface area contributed by atoms with Crippen molar-refractivity contribution in [3.63, 3.8) is 0 Å². The first-order chi connectivity index (χ1) is 8.76. The highest BCUT2D eigenvalue weighted by molar-refractivity contribution is 7.98. The van der Waals surface area contributed by atoms with Crippen molar-refractivity contribution in [2.45, 2.75) is 45.2 Å². The number of hydrogen-bond donors (Lipinski definition) is 1. The largest absolute Gasteiger partial charge is 0.329 e. The molecule has 0 aromatic heterocycles. The lowest BCUT2D eigenvalue weighted by Gasteiger charge is -2.29. The minimum Gasteiger partial charge on any atom is -0.329 e. The number of likely N-dealkylation sites (tertiary alicyclic amines) is 1. The Balaban J connectivity index is 2.37. The molecule has 2 N–H and O–H groups in total. The molecule has 3 nitrogen and oxygen atoms in total. The number of rotatable bonds is 9. The summed E-state index contributed by atoms with van der Waals surface area (Å²) in [7, 11) is 0. The number of likely N-dealkylation sites (N-methyl/N-ethyl adjacent to an activating group) is 1. The van der Waals surface area contributed by atoms with Crippen molar-refractivity contribution in [2.75, 3.05) is 44.7 Å². The molecule has 0 saturated carbocycles. The maximum atomic E-state index is 5.96. The molecule has 0 radical (unpaired) electrons. The molecule has 2 atom stereocenters. The van der Waals surface area contributed by atoms with Gasteiger partial charge in [-0.3, -0.25) is 9.80 Å². The van der Waals surface area contributed by atoms with Crippen molar-refractivity contribution in [3.05, 3.63) is 0 Å². The molecule has 0 bridgehead atoms. The maximum Gasteiger partial charge on any atom is 0.0235 e. The first-order valence-electron chi connectivity index (χ1n) is 7.43. The zero-order chi connectivity index (χ0) is 13.4. The lowest BCUT2D eigenvalue weighted by atomic mass is 10.1. The van der Waals surface area contributed by atoms with E-state index in [0.29, 0.717) is 6.04 Å². The summed E-state index contributed by atoms with van der Waals surface area (Å²) in [4.78, 5) is 5.22. The van der Waals surface area contributed by atoms with E-state index < -0.39 is 0 Å². The highest BCUT2D eigenvalue weighted by atomic mass is 32.2. The third kappa shape index (κ3) is 4.72. The van der Waals surface area contributed by atoms with Crippen LogP contribution in [0.5, 0.6) is 0 Å². The molecule has 1 saturated heterocycles. The molecule has 1 aliphatic rings. The van der Waals surface area contributed by atoms with Gasteiger partial charge in [0.15, 0.2) is 0 Å². The summed E-state index contributed by atoms with van der Waals surface area (Å²) in [6.07, 6.45) is 6.07. The molecule has 18 heavy (non-hydrogen) atoms. The molecule has 2 unspecified atom stereocenters. The van der Waals surface area contributed by atoms with Crippen LogP contribution in [0.4, 0.5) is 0 Å². The molecule has 4 heteroatoms. The van der Waals surface area contributed by atoms with Gasteiger partial charge in [0.25, 0.3) is 0 Å². The first-order valence-corrected chi connectivity index (χ1v) is 8.83. The molecule has 0 aromatic rings. The Bertz CT molecular complexity index is 209. The van der Waals surface area contributed by atoms with Crippen LogP contribution in [0.25, 0.3) is 0 Å². The van der Waals surface area contributed by atoms with Crippen LogP contribution in [0.3, 0.4) is 0 Å². The van der Waals surface area contributed by atoms with Gasteiger partial charge in [0.05, 0.1) is 0 Å². The van der Waals surface area contributed by atoms with Crippen molar-refractivity contribution >= 4 is 11.8 Å². The van der Waals surface area contributed by atoms with E-state index >= 15 is 0 Å². The lowest BCUT2D eigenvalue weighted by molar-refractivity contribution is 0.184. The Kier molecular flexibility index (Phi) is 8.31. The molecular formula is C14H31N3S. The lowest BCUT2D eigenvalue weighted by Crippen LogP contribution is -2.42. The van der Waals surface area contributed by atoms with Gasteiger partial charge in [-0.2, -0.15) is 11.8 Å². The van der Waals surface area contributed by atoms with Crippen molar-refractivity contribution in [2.24, 2.45) is 5.73 Å². The molecule has 108 valence electrons. The maximum absolute atomic E-state index is 5.96. The van der Waals surface area contributed by atoms with Crippen molar-refractivity contribution in [1.29, 1.82) is 0 Å². The minimum atomic E-state index is 0.609. The topological polar surface area (TPSA) is 32.5 Å². The summed E-state index contributed by atoms with van der Waals surface area (Å²) < 4.78 is 0. The zero-order valence-corrected chi connectivity index (χ0v) is 13.2. The Morgan fingerprint density at radius 2 is 2.11 bits per heavy atom. The second-order valence-corrected chi connectivity index (χ2v) is 6.17. The Morgan fingerprint density at radius 1 is 1.39 bits per heavy atom. The standard InChI is InChI=1S/C14H31N3S/c1-4-16(5-2)14-8-9-17(12-14)13(11-15)7-6-10-18-3/h13-14H,4-12,15H2,1-3H3.